The number of alkyl carbamates (subject to hydrolysis) is 1. The summed E-state index contributed by atoms with van der Waals surface area (Å²) in [6, 6.07) is 4.58. The number of hydrogen-bond acceptors (Lipinski definition) is 4. The van der Waals surface area contributed by atoms with Crippen LogP contribution in [0, 0.1) is 5.82 Å². The van der Waals surface area contributed by atoms with Gasteiger partial charge in [-0.25, -0.2) is 9.18 Å². The summed E-state index contributed by atoms with van der Waals surface area (Å²) in [7, 11) is 1.50. The molecule has 1 aromatic carbocycles. The maximum Gasteiger partial charge on any atom is 0.407 e. The Hall–Kier alpha value is -1.82. The van der Waals surface area contributed by atoms with Crippen molar-refractivity contribution in [3.05, 3.63) is 29.6 Å². The Kier molecular flexibility index (Phi) is 6.61. The molecule has 6 heteroatoms. The van der Waals surface area contributed by atoms with Crippen molar-refractivity contribution in [1.82, 2.24) is 10.6 Å². The smallest absolute Gasteiger partial charge is 0.407 e. The molecule has 0 fully saturated rings. The molecule has 22 heavy (non-hydrogen) atoms. The van der Waals surface area contributed by atoms with Crippen LogP contribution in [-0.4, -0.2) is 31.9 Å². The number of carbonyl (C=O) groups excluding carboxylic acids is 1. The Bertz CT molecular complexity index is 501. The third kappa shape index (κ3) is 6.30. The van der Waals surface area contributed by atoms with Gasteiger partial charge in [0.25, 0.3) is 0 Å². The normalized spacial score (nSPS) is 12.6. The molecule has 0 saturated carbocycles. The zero-order valence-corrected chi connectivity index (χ0v) is 13.8. The average Bonchev–Trinajstić information content (AvgIpc) is 2.41. The quantitative estimate of drug-likeness (QED) is 0.793. The van der Waals surface area contributed by atoms with Crippen molar-refractivity contribution in [2.24, 2.45) is 0 Å². The molecule has 5 nitrogen and oxygen atoms in total. The summed E-state index contributed by atoms with van der Waals surface area (Å²) in [4.78, 5) is 11.5. The molecule has 0 saturated heterocycles. The summed E-state index contributed by atoms with van der Waals surface area (Å²) < 4.78 is 24.0. The van der Waals surface area contributed by atoms with E-state index in [9.17, 15) is 9.18 Å². The molecule has 1 aromatic rings. The number of halogens is 1. The molecule has 0 aliphatic rings. The Labute approximate surface area is 131 Å². The minimum absolute atomic E-state index is 0.175. The molecule has 1 unspecified atom stereocenters. The molecule has 0 aliphatic heterocycles. The van der Waals surface area contributed by atoms with E-state index in [-0.39, 0.29) is 11.9 Å². The van der Waals surface area contributed by atoms with Crippen molar-refractivity contribution in [1.29, 1.82) is 0 Å². The second kappa shape index (κ2) is 7.98. The Balaban J connectivity index is 2.37. The van der Waals surface area contributed by atoms with Gasteiger partial charge < -0.3 is 20.1 Å². The van der Waals surface area contributed by atoms with Crippen LogP contribution in [0.4, 0.5) is 9.18 Å². The zero-order chi connectivity index (χ0) is 16.8. The first-order valence-corrected chi connectivity index (χ1v) is 7.26. The lowest BCUT2D eigenvalue weighted by Gasteiger charge is -2.20. The largest absolute Gasteiger partial charge is 0.497 e. The fourth-order valence-electron chi connectivity index (χ4n) is 1.86. The Morgan fingerprint density at radius 1 is 1.32 bits per heavy atom. The molecule has 0 aliphatic carbocycles. The van der Waals surface area contributed by atoms with Crippen molar-refractivity contribution < 1.29 is 18.7 Å². The van der Waals surface area contributed by atoms with Crippen molar-refractivity contribution in [3.63, 3.8) is 0 Å². The lowest BCUT2D eigenvalue weighted by atomic mass is 10.1. The first-order valence-electron chi connectivity index (χ1n) is 7.26. The molecule has 0 aromatic heterocycles. The number of carbonyl (C=O) groups is 1. The van der Waals surface area contributed by atoms with E-state index in [2.05, 4.69) is 10.6 Å². The van der Waals surface area contributed by atoms with Gasteiger partial charge in [-0.15, -0.1) is 0 Å². The monoisotopic (exact) mass is 312 g/mol. The highest BCUT2D eigenvalue weighted by Crippen LogP contribution is 2.21. The number of amides is 1. The maximum absolute atomic E-state index is 13.9. The molecule has 1 rings (SSSR count). The van der Waals surface area contributed by atoms with E-state index < -0.39 is 11.7 Å². The van der Waals surface area contributed by atoms with Gasteiger partial charge >= 0.3 is 6.09 Å². The van der Waals surface area contributed by atoms with E-state index in [0.717, 1.165) is 0 Å². The molecular formula is C16H25FN2O3. The number of nitrogens with one attached hydrogen (secondary N) is 2. The Morgan fingerprint density at radius 3 is 2.55 bits per heavy atom. The number of rotatable bonds is 6. The summed E-state index contributed by atoms with van der Waals surface area (Å²) in [5.74, 6) is 0.166. The van der Waals surface area contributed by atoms with Crippen LogP contribution >= 0.6 is 0 Å². The van der Waals surface area contributed by atoms with Crippen molar-refractivity contribution in [2.75, 3.05) is 20.2 Å². The molecular weight excluding hydrogens is 287 g/mol. The van der Waals surface area contributed by atoms with Crippen LogP contribution in [0.5, 0.6) is 5.75 Å². The maximum atomic E-state index is 13.9. The van der Waals surface area contributed by atoms with E-state index in [1.165, 1.54) is 13.2 Å². The van der Waals surface area contributed by atoms with Gasteiger partial charge in [0.1, 0.15) is 17.2 Å². The molecule has 0 spiro atoms. The van der Waals surface area contributed by atoms with Gasteiger partial charge in [0, 0.05) is 30.8 Å². The van der Waals surface area contributed by atoms with E-state index in [0.29, 0.717) is 24.4 Å². The topological polar surface area (TPSA) is 59.6 Å². The first kappa shape index (κ1) is 18.2. The molecule has 0 radical (unpaired) electrons. The number of ether oxygens (including phenoxy) is 2. The second-order valence-electron chi connectivity index (χ2n) is 5.99. The summed E-state index contributed by atoms with van der Waals surface area (Å²) in [6.07, 6.45) is -0.461. The average molecular weight is 312 g/mol. The number of hydrogen-bond donors (Lipinski definition) is 2. The molecule has 1 amide bonds. The SMILES string of the molecule is COc1ccc(C(C)NCCNC(=O)OC(C)(C)C)c(F)c1. The van der Waals surface area contributed by atoms with Gasteiger partial charge in [-0.05, 0) is 33.8 Å². The third-order valence-electron chi connectivity index (χ3n) is 2.92. The van der Waals surface area contributed by atoms with Crippen LogP contribution in [0.25, 0.3) is 0 Å². The summed E-state index contributed by atoms with van der Waals surface area (Å²) >= 11 is 0. The molecule has 2 N–H and O–H groups in total. The van der Waals surface area contributed by atoms with E-state index in [1.54, 1.807) is 32.9 Å². The van der Waals surface area contributed by atoms with E-state index >= 15 is 0 Å². The van der Waals surface area contributed by atoms with Gasteiger partial charge in [0.2, 0.25) is 0 Å². The minimum atomic E-state index is -0.517. The summed E-state index contributed by atoms with van der Waals surface area (Å²) in [5.41, 5.74) is 0.0369. The van der Waals surface area contributed by atoms with Crippen molar-refractivity contribution >= 4 is 6.09 Å². The van der Waals surface area contributed by atoms with Crippen molar-refractivity contribution in [2.45, 2.75) is 39.3 Å². The van der Waals surface area contributed by atoms with Crippen molar-refractivity contribution in [3.8, 4) is 5.75 Å². The lowest BCUT2D eigenvalue weighted by Crippen LogP contribution is -2.37. The highest BCUT2D eigenvalue weighted by Gasteiger charge is 2.16. The van der Waals surface area contributed by atoms with Crippen LogP contribution in [0.15, 0.2) is 18.2 Å². The van der Waals surface area contributed by atoms with Gasteiger partial charge in [-0.2, -0.15) is 0 Å². The molecule has 0 bridgehead atoms. The zero-order valence-electron chi connectivity index (χ0n) is 13.8. The number of methoxy groups -OCH3 is 1. The van der Waals surface area contributed by atoms with E-state index in [4.69, 9.17) is 9.47 Å². The Morgan fingerprint density at radius 2 is 2.00 bits per heavy atom. The van der Waals surface area contributed by atoms with Crippen LogP contribution < -0.4 is 15.4 Å². The summed E-state index contributed by atoms with van der Waals surface area (Å²) in [6.45, 7) is 8.18. The molecule has 1 atom stereocenters. The standard InChI is InChI=1S/C16H25FN2O3/c1-11(13-7-6-12(21-5)10-14(13)17)18-8-9-19-15(20)22-16(2,3)4/h6-7,10-11,18H,8-9H2,1-5H3,(H,19,20). The van der Waals surface area contributed by atoms with Crippen LogP contribution in [0.2, 0.25) is 0 Å². The lowest BCUT2D eigenvalue weighted by molar-refractivity contribution is 0.0528. The third-order valence-corrected chi connectivity index (χ3v) is 2.92. The van der Waals surface area contributed by atoms with E-state index in [1.807, 2.05) is 6.92 Å². The second-order valence-corrected chi connectivity index (χ2v) is 5.99. The summed E-state index contributed by atoms with van der Waals surface area (Å²) in [5, 5.41) is 5.79. The van der Waals surface area contributed by atoms with Gasteiger partial charge in [0.05, 0.1) is 7.11 Å². The fourth-order valence-corrected chi connectivity index (χ4v) is 1.86. The minimum Gasteiger partial charge on any atom is -0.497 e. The molecule has 124 valence electrons. The highest BCUT2D eigenvalue weighted by molar-refractivity contribution is 5.67. The van der Waals surface area contributed by atoms with Gasteiger partial charge in [-0.3, -0.25) is 0 Å². The first-order chi connectivity index (χ1) is 10.2. The van der Waals surface area contributed by atoms with Crippen LogP contribution in [-0.2, 0) is 4.74 Å². The predicted octanol–water partition coefficient (Wildman–Crippen LogP) is 3.01. The predicted molar refractivity (Wildman–Crippen MR) is 83.6 cm³/mol. The number of benzene rings is 1. The van der Waals surface area contributed by atoms with Crippen LogP contribution in [0.3, 0.4) is 0 Å². The van der Waals surface area contributed by atoms with Gasteiger partial charge in [0.15, 0.2) is 0 Å². The van der Waals surface area contributed by atoms with Crippen LogP contribution in [0.1, 0.15) is 39.3 Å². The van der Waals surface area contributed by atoms with Gasteiger partial charge in [-0.1, -0.05) is 6.07 Å². The highest BCUT2D eigenvalue weighted by atomic mass is 19.1. The fraction of sp³-hybridized carbons (Fsp3) is 0.562. The molecule has 0 heterocycles.